The lowest BCUT2D eigenvalue weighted by Gasteiger charge is -2.35. The van der Waals surface area contributed by atoms with E-state index in [0.29, 0.717) is 5.82 Å². The Labute approximate surface area is 378 Å². The van der Waals surface area contributed by atoms with Crippen LogP contribution in [0.5, 0.6) is 0 Å². The van der Waals surface area contributed by atoms with Gasteiger partial charge in [-0.05, 0) is 102 Å². The van der Waals surface area contributed by atoms with E-state index in [0.717, 1.165) is 39.3 Å². The first-order valence-corrected chi connectivity index (χ1v) is 22.3. The maximum atomic E-state index is 5.46. The Kier molecular flexibility index (Phi) is 8.44. The predicted molar refractivity (Wildman–Crippen MR) is 266 cm³/mol. The Morgan fingerprint density at radius 1 is 0.277 bits per heavy atom. The average Bonchev–Trinajstić information content (AvgIpc) is 3.63. The van der Waals surface area contributed by atoms with Crippen LogP contribution in [0.25, 0.3) is 100 Å². The molecule has 2 aromatic heterocycles. The van der Waals surface area contributed by atoms with E-state index in [1.807, 2.05) is 24.4 Å². The molecule has 0 bridgehead atoms. The van der Waals surface area contributed by atoms with Crippen molar-refractivity contribution >= 4 is 10.8 Å². The van der Waals surface area contributed by atoms with Gasteiger partial charge in [-0.15, -0.1) is 0 Å². The van der Waals surface area contributed by atoms with Crippen molar-refractivity contribution in [2.45, 2.75) is 5.41 Å². The number of hydrogen-bond acceptors (Lipinski definition) is 3. The van der Waals surface area contributed by atoms with Gasteiger partial charge in [0, 0.05) is 28.5 Å². The number of pyridine rings is 1. The molecule has 11 aromatic rings. The summed E-state index contributed by atoms with van der Waals surface area (Å²) in [5.74, 6) is 0.674. The quantitative estimate of drug-likeness (QED) is 0.173. The molecule has 2 aliphatic carbocycles. The molecule has 0 N–H and O–H groups in total. The van der Waals surface area contributed by atoms with E-state index in [2.05, 4.69) is 217 Å². The van der Waals surface area contributed by atoms with Crippen molar-refractivity contribution in [1.82, 2.24) is 15.0 Å². The molecule has 0 amide bonds. The fraction of sp³-hybridized carbons (Fsp3) is 0.0161. The Morgan fingerprint density at radius 3 is 1.32 bits per heavy atom. The fourth-order valence-corrected chi connectivity index (χ4v) is 10.7. The number of aromatic nitrogens is 3. The molecule has 0 unspecified atom stereocenters. The summed E-state index contributed by atoms with van der Waals surface area (Å²) in [6.45, 7) is 0. The minimum absolute atomic E-state index is 0.604. The number of rotatable bonds is 5. The first-order chi connectivity index (χ1) is 32.2. The topological polar surface area (TPSA) is 38.7 Å². The van der Waals surface area contributed by atoms with E-state index in [1.54, 1.807) is 0 Å². The molecule has 3 heteroatoms. The third kappa shape index (κ3) is 5.79. The van der Waals surface area contributed by atoms with Crippen LogP contribution in [-0.4, -0.2) is 15.0 Å². The van der Waals surface area contributed by atoms with Crippen LogP contribution in [0, 0.1) is 0 Å². The van der Waals surface area contributed by atoms with Crippen LogP contribution >= 0.6 is 0 Å². The second-order valence-corrected chi connectivity index (χ2v) is 17.1. The van der Waals surface area contributed by atoms with E-state index in [4.69, 9.17) is 9.97 Å². The smallest absolute Gasteiger partial charge is 0.160 e. The molecular formula is C62H39N3. The van der Waals surface area contributed by atoms with Gasteiger partial charge >= 0.3 is 0 Å². The van der Waals surface area contributed by atoms with Crippen LogP contribution in [0.15, 0.2) is 237 Å². The van der Waals surface area contributed by atoms with Gasteiger partial charge in [0.15, 0.2) is 5.82 Å². The summed E-state index contributed by atoms with van der Waals surface area (Å²) in [7, 11) is 0. The molecule has 13 rings (SSSR count). The van der Waals surface area contributed by atoms with Crippen molar-refractivity contribution < 1.29 is 0 Å². The number of benzene rings is 9. The Bertz CT molecular complexity index is 3590. The molecule has 0 saturated heterocycles. The van der Waals surface area contributed by atoms with Crippen molar-refractivity contribution in [3.63, 3.8) is 0 Å². The van der Waals surface area contributed by atoms with E-state index in [-0.39, 0.29) is 0 Å². The summed E-state index contributed by atoms with van der Waals surface area (Å²) in [6, 6.07) is 83.5. The Balaban J connectivity index is 1.04. The number of fused-ring (bicyclic) bond motifs is 13. The van der Waals surface area contributed by atoms with Crippen molar-refractivity contribution in [2.75, 3.05) is 0 Å². The summed E-state index contributed by atoms with van der Waals surface area (Å²) >= 11 is 0. The van der Waals surface area contributed by atoms with Crippen LogP contribution < -0.4 is 0 Å². The van der Waals surface area contributed by atoms with Gasteiger partial charge < -0.3 is 0 Å². The van der Waals surface area contributed by atoms with Crippen molar-refractivity contribution in [3.8, 4) is 89.7 Å². The summed E-state index contributed by atoms with van der Waals surface area (Å²) in [5, 5.41) is 2.47. The highest BCUT2D eigenvalue weighted by molar-refractivity contribution is 5.99. The van der Waals surface area contributed by atoms with E-state index in [1.165, 1.54) is 77.5 Å². The standard InChI is InChI=1S/C62H39N3/c1-2-16-46-40(14-1)15-13-22-47(46)41-27-29-43(30-28-41)59-39-60(44-33-31-42(32-34-44)58-26-11-12-37-63-58)65-61(64-59)45-35-36-53-49-18-4-3-17-48(49)50-19-5-8-23-54(50)62(57(53)38-45)55-24-9-6-20-51(55)52-21-7-10-25-56(52)62/h1-39H. The highest BCUT2D eigenvalue weighted by atomic mass is 14.9. The van der Waals surface area contributed by atoms with Gasteiger partial charge in [0.2, 0.25) is 0 Å². The zero-order valence-corrected chi connectivity index (χ0v) is 35.4. The number of nitrogens with zero attached hydrogens (tertiary/aromatic N) is 3. The van der Waals surface area contributed by atoms with Gasteiger partial charge in [0.05, 0.1) is 22.5 Å². The maximum absolute atomic E-state index is 5.46. The lowest BCUT2D eigenvalue weighted by Crippen LogP contribution is -2.29. The summed E-state index contributed by atoms with van der Waals surface area (Å²) in [5.41, 5.74) is 21.0. The molecule has 0 radical (unpaired) electrons. The van der Waals surface area contributed by atoms with Gasteiger partial charge in [-0.3, -0.25) is 4.98 Å². The average molecular weight is 826 g/mol. The molecule has 0 fully saturated rings. The van der Waals surface area contributed by atoms with Gasteiger partial charge in [-0.25, -0.2) is 9.97 Å². The van der Waals surface area contributed by atoms with Crippen LogP contribution in [0.4, 0.5) is 0 Å². The van der Waals surface area contributed by atoms with Crippen molar-refractivity contribution in [1.29, 1.82) is 0 Å². The molecule has 302 valence electrons. The molecule has 1 spiro atoms. The molecule has 0 aliphatic heterocycles. The first-order valence-electron chi connectivity index (χ1n) is 22.3. The molecule has 2 aliphatic rings. The molecule has 3 nitrogen and oxygen atoms in total. The summed E-state index contributed by atoms with van der Waals surface area (Å²) in [4.78, 5) is 15.5. The van der Waals surface area contributed by atoms with E-state index < -0.39 is 5.41 Å². The van der Waals surface area contributed by atoms with E-state index >= 15 is 0 Å². The summed E-state index contributed by atoms with van der Waals surface area (Å²) < 4.78 is 0. The Morgan fingerprint density at radius 2 is 0.723 bits per heavy atom. The lowest BCUT2D eigenvalue weighted by atomic mass is 9.65. The second kappa shape index (κ2) is 14.8. The third-order valence-electron chi connectivity index (χ3n) is 13.6. The summed E-state index contributed by atoms with van der Waals surface area (Å²) in [6.07, 6.45) is 1.84. The van der Waals surface area contributed by atoms with Crippen molar-refractivity contribution in [3.05, 3.63) is 259 Å². The minimum atomic E-state index is -0.604. The van der Waals surface area contributed by atoms with Gasteiger partial charge in [-0.1, -0.05) is 206 Å². The monoisotopic (exact) mass is 825 g/mol. The maximum Gasteiger partial charge on any atom is 0.160 e. The van der Waals surface area contributed by atoms with E-state index in [9.17, 15) is 0 Å². The van der Waals surface area contributed by atoms with Crippen LogP contribution in [-0.2, 0) is 5.41 Å². The molecule has 0 atom stereocenters. The molecule has 2 heterocycles. The zero-order chi connectivity index (χ0) is 42.9. The fourth-order valence-electron chi connectivity index (χ4n) is 10.7. The predicted octanol–water partition coefficient (Wildman–Crippen LogP) is 15.4. The molecular weight excluding hydrogens is 787 g/mol. The van der Waals surface area contributed by atoms with Gasteiger partial charge in [0.25, 0.3) is 0 Å². The van der Waals surface area contributed by atoms with Gasteiger partial charge in [0.1, 0.15) is 0 Å². The second-order valence-electron chi connectivity index (χ2n) is 17.1. The zero-order valence-electron chi connectivity index (χ0n) is 35.4. The largest absolute Gasteiger partial charge is 0.256 e. The lowest BCUT2D eigenvalue weighted by molar-refractivity contribution is 0.775. The molecule has 65 heavy (non-hydrogen) atoms. The van der Waals surface area contributed by atoms with Crippen LogP contribution in [0.1, 0.15) is 22.3 Å². The SMILES string of the molecule is c1ccc(-c2ccc(-c3cc(-c4ccc(-c5cccc6ccccc56)cc4)nc(-c4ccc5c(c4)C4(c6ccccc6-c6ccccc6-5)c5ccccc5-c5ccccc54)n3)cc2)nc1. The molecule has 9 aromatic carbocycles. The Hall–Kier alpha value is -8.53. The minimum Gasteiger partial charge on any atom is -0.256 e. The highest BCUT2D eigenvalue weighted by Crippen LogP contribution is 2.61. The number of hydrogen-bond donors (Lipinski definition) is 0. The third-order valence-corrected chi connectivity index (χ3v) is 13.6. The first kappa shape index (κ1) is 37.1. The van der Waals surface area contributed by atoms with Crippen LogP contribution in [0.3, 0.4) is 0 Å². The molecule has 0 saturated carbocycles. The van der Waals surface area contributed by atoms with Crippen molar-refractivity contribution in [2.24, 2.45) is 0 Å². The normalized spacial score (nSPS) is 12.7. The van der Waals surface area contributed by atoms with Gasteiger partial charge in [-0.2, -0.15) is 0 Å². The van der Waals surface area contributed by atoms with Crippen LogP contribution in [0.2, 0.25) is 0 Å². The highest BCUT2D eigenvalue weighted by Gasteiger charge is 2.49.